The number of hydrogen-bond acceptors (Lipinski definition) is 3. The normalized spacial score (nSPS) is 22.1. The van der Waals surface area contributed by atoms with Crippen LogP contribution in [0.3, 0.4) is 0 Å². The maximum absolute atomic E-state index is 11.6. The Labute approximate surface area is 90.0 Å². The number of hydrogen-bond donors (Lipinski definition) is 2. The van der Waals surface area contributed by atoms with Crippen LogP contribution in [-0.2, 0) is 9.59 Å². The molecule has 1 saturated heterocycles. The molecule has 0 aromatic carbocycles. The zero-order valence-electron chi connectivity index (χ0n) is 9.32. The van der Waals surface area contributed by atoms with Gasteiger partial charge in [-0.1, -0.05) is 13.8 Å². The molecular formula is C10H19N3O2. The lowest BCUT2D eigenvalue weighted by Gasteiger charge is -2.35. The highest BCUT2D eigenvalue weighted by molar-refractivity contribution is 6.35. The van der Waals surface area contributed by atoms with Crippen molar-refractivity contribution in [1.29, 1.82) is 0 Å². The van der Waals surface area contributed by atoms with Crippen LogP contribution in [0.15, 0.2) is 0 Å². The van der Waals surface area contributed by atoms with Crippen LogP contribution < -0.4 is 11.1 Å². The van der Waals surface area contributed by atoms with Gasteiger partial charge in [0.2, 0.25) is 0 Å². The average molecular weight is 213 g/mol. The minimum Gasteiger partial charge on any atom is -0.346 e. The largest absolute Gasteiger partial charge is 0.346 e. The van der Waals surface area contributed by atoms with Crippen LogP contribution >= 0.6 is 0 Å². The molecule has 1 rings (SSSR count). The van der Waals surface area contributed by atoms with Crippen LogP contribution in [0.4, 0.5) is 0 Å². The Morgan fingerprint density at radius 1 is 1.53 bits per heavy atom. The van der Waals surface area contributed by atoms with Gasteiger partial charge in [0, 0.05) is 25.7 Å². The van der Waals surface area contributed by atoms with Crippen LogP contribution in [0.5, 0.6) is 0 Å². The second kappa shape index (κ2) is 5.11. The molecule has 0 aromatic heterocycles. The Morgan fingerprint density at radius 2 is 2.20 bits per heavy atom. The molecule has 3 N–H and O–H groups in total. The monoisotopic (exact) mass is 213 g/mol. The molecule has 1 atom stereocenters. The number of amides is 2. The number of nitrogens with zero attached hydrogens (tertiary/aromatic N) is 1. The fourth-order valence-corrected chi connectivity index (χ4v) is 1.87. The van der Waals surface area contributed by atoms with Gasteiger partial charge in [-0.3, -0.25) is 9.59 Å². The predicted molar refractivity (Wildman–Crippen MR) is 57.0 cm³/mol. The quantitative estimate of drug-likeness (QED) is 0.607. The summed E-state index contributed by atoms with van der Waals surface area (Å²) in [5, 5.41) is 2.60. The number of nitrogens with two attached hydrogens (primary N) is 1. The zero-order chi connectivity index (χ0) is 11.4. The number of nitrogens with one attached hydrogen (secondary N) is 1. The SMILES string of the molecule is CC(C)CC1CNC(=O)C(=O)N1CCN. The summed E-state index contributed by atoms with van der Waals surface area (Å²) in [6.07, 6.45) is 0.895. The summed E-state index contributed by atoms with van der Waals surface area (Å²) >= 11 is 0. The summed E-state index contributed by atoms with van der Waals surface area (Å²) in [6, 6.07) is 0.0961. The molecule has 0 saturated carbocycles. The third kappa shape index (κ3) is 2.92. The molecule has 0 radical (unpaired) electrons. The molecule has 0 aliphatic carbocycles. The van der Waals surface area contributed by atoms with E-state index in [0.29, 0.717) is 25.6 Å². The number of carbonyl (C=O) groups excluding carboxylic acids is 2. The Kier molecular flexibility index (Phi) is 4.08. The van der Waals surface area contributed by atoms with E-state index in [1.54, 1.807) is 4.90 Å². The van der Waals surface area contributed by atoms with Gasteiger partial charge in [-0.2, -0.15) is 0 Å². The molecule has 5 heteroatoms. The third-order valence-electron chi connectivity index (χ3n) is 2.51. The van der Waals surface area contributed by atoms with E-state index in [4.69, 9.17) is 5.73 Å². The van der Waals surface area contributed by atoms with Crippen molar-refractivity contribution in [3.8, 4) is 0 Å². The lowest BCUT2D eigenvalue weighted by Crippen LogP contribution is -2.59. The predicted octanol–water partition coefficient (Wildman–Crippen LogP) is -0.682. The lowest BCUT2D eigenvalue weighted by atomic mass is 10.0. The number of carbonyl (C=O) groups is 2. The van der Waals surface area contributed by atoms with Crippen molar-refractivity contribution < 1.29 is 9.59 Å². The lowest BCUT2D eigenvalue weighted by molar-refractivity contribution is -0.150. The summed E-state index contributed by atoms with van der Waals surface area (Å²) < 4.78 is 0. The van der Waals surface area contributed by atoms with E-state index in [1.165, 1.54) is 0 Å². The van der Waals surface area contributed by atoms with E-state index >= 15 is 0 Å². The number of piperazine rings is 1. The van der Waals surface area contributed by atoms with Gasteiger partial charge in [0.05, 0.1) is 0 Å². The van der Waals surface area contributed by atoms with Gasteiger partial charge in [0.15, 0.2) is 0 Å². The minimum atomic E-state index is -0.511. The summed E-state index contributed by atoms with van der Waals surface area (Å²) in [5.41, 5.74) is 5.43. The maximum Gasteiger partial charge on any atom is 0.312 e. The molecule has 0 spiro atoms. The first-order chi connectivity index (χ1) is 7.06. The second-order valence-electron chi connectivity index (χ2n) is 4.28. The van der Waals surface area contributed by atoms with E-state index in [0.717, 1.165) is 6.42 Å². The number of rotatable bonds is 4. The molecule has 5 nitrogen and oxygen atoms in total. The topological polar surface area (TPSA) is 75.4 Å². The highest BCUT2D eigenvalue weighted by atomic mass is 16.2. The van der Waals surface area contributed by atoms with Crippen LogP contribution in [-0.4, -0.2) is 42.4 Å². The van der Waals surface area contributed by atoms with Gasteiger partial charge >= 0.3 is 11.8 Å². The van der Waals surface area contributed by atoms with E-state index < -0.39 is 11.8 Å². The molecule has 1 aliphatic rings. The van der Waals surface area contributed by atoms with Gasteiger partial charge in [0.1, 0.15) is 0 Å². The molecule has 1 fully saturated rings. The highest BCUT2D eigenvalue weighted by Gasteiger charge is 2.33. The van der Waals surface area contributed by atoms with E-state index in [9.17, 15) is 9.59 Å². The molecule has 1 heterocycles. The summed E-state index contributed by atoms with van der Waals surface area (Å²) in [5.74, 6) is -0.459. The van der Waals surface area contributed by atoms with Crippen LogP contribution in [0.2, 0.25) is 0 Å². The first kappa shape index (κ1) is 12.0. The van der Waals surface area contributed by atoms with Gasteiger partial charge in [-0.25, -0.2) is 0 Å². The van der Waals surface area contributed by atoms with Gasteiger partial charge in [0.25, 0.3) is 0 Å². The third-order valence-corrected chi connectivity index (χ3v) is 2.51. The van der Waals surface area contributed by atoms with Crippen molar-refractivity contribution in [2.75, 3.05) is 19.6 Å². The molecule has 2 amide bonds. The van der Waals surface area contributed by atoms with Gasteiger partial charge in [-0.15, -0.1) is 0 Å². The standard InChI is InChI=1S/C10H19N3O2/c1-7(2)5-8-6-12-9(14)10(15)13(8)4-3-11/h7-8H,3-6,11H2,1-2H3,(H,12,14). The maximum atomic E-state index is 11.6. The Bertz CT molecular complexity index is 253. The second-order valence-corrected chi connectivity index (χ2v) is 4.28. The van der Waals surface area contributed by atoms with Crippen LogP contribution in [0, 0.1) is 5.92 Å². The van der Waals surface area contributed by atoms with Crippen molar-refractivity contribution >= 4 is 11.8 Å². The first-order valence-electron chi connectivity index (χ1n) is 5.35. The summed E-state index contributed by atoms with van der Waals surface area (Å²) in [7, 11) is 0. The summed E-state index contributed by atoms with van der Waals surface area (Å²) in [4.78, 5) is 24.3. The zero-order valence-corrected chi connectivity index (χ0v) is 9.32. The van der Waals surface area contributed by atoms with Gasteiger partial charge < -0.3 is 16.0 Å². The Morgan fingerprint density at radius 3 is 2.73 bits per heavy atom. The van der Waals surface area contributed by atoms with Crippen molar-refractivity contribution in [2.45, 2.75) is 26.3 Å². The Balaban J connectivity index is 2.68. The van der Waals surface area contributed by atoms with Crippen LogP contribution in [0.1, 0.15) is 20.3 Å². The van der Waals surface area contributed by atoms with E-state index in [2.05, 4.69) is 19.2 Å². The minimum absolute atomic E-state index is 0.0961. The molecule has 1 unspecified atom stereocenters. The fraction of sp³-hybridized carbons (Fsp3) is 0.800. The first-order valence-corrected chi connectivity index (χ1v) is 5.35. The molecule has 15 heavy (non-hydrogen) atoms. The van der Waals surface area contributed by atoms with E-state index in [-0.39, 0.29) is 6.04 Å². The molecule has 1 aliphatic heterocycles. The Hall–Kier alpha value is -1.10. The molecular weight excluding hydrogens is 194 g/mol. The van der Waals surface area contributed by atoms with Crippen molar-refractivity contribution in [1.82, 2.24) is 10.2 Å². The van der Waals surface area contributed by atoms with Crippen molar-refractivity contribution in [3.63, 3.8) is 0 Å². The molecule has 0 bridgehead atoms. The smallest absolute Gasteiger partial charge is 0.312 e. The average Bonchev–Trinajstić information content (AvgIpc) is 2.17. The molecule has 0 aromatic rings. The van der Waals surface area contributed by atoms with E-state index in [1.807, 2.05) is 0 Å². The van der Waals surface area contributed by atoms with Crippen molar-refractivity contribution in [3.05, 3.63) is 0 Å². The van der Waals surface area contributed by atoms with Crippen LogP contribution in [0.25, 0.3) is 0 Å². The summed E-state index contributed by atoms with van der Waals surface area (Å²) in [6.45, 7) is 5.60. The highest BCUT2D eigenvalue weighted by Crippen LogP contribution is 2.13. The fourth-order valence-electron chi connectivity index (χ4n) is 1.87. The van der Waals surface area contributed by atoms with Crippen molar-refractivity contribution in [2.24, 2.45) is 11.7 Å². The molecule has 86 valence electrons. The van der Waals surface area contributed by atoms with Gasteiger partial charge in [-0.05, 0) is 12.3 Å².